The number of carbonyl (C=O) groups is 2. The van der Waals surface area contributed by atoms with Crippen LogP contribution in [-0.2, 0) is 32.5 Å². The Balaban J connectivity index is 1.49. The topological polar surface area (TPSA) is 107 Å². The van der Waals surface area contributed by atoms with E-state index in [4.69, 9.17) is 9.47 Å². The number of carbonyl (C=O) groups excluding carboxylic acids is 2. The summed E-state index contributed by atoms with van der Waals surface area (Å²) in [7, 11) is -3.81. The Kier molecular flexibility index (Phi) is 8.04. The maximum atomic E-state index is 13.5. The minimum absolute atomic E-state index is 0.0985. The Bertz CT molecular complexity index is 1740. The summed E-state index contributed by atoms with van der Waals surface area (Å²) in [5, 5.41) is 0. The van der Waals surface area contributed by atoms with Crippen molar-refractivity contribution in [2.75, 3.05) is 24.1 Å². The summed E-state index contributed by atoms with van der Waals surface area (Å²) in [6.07, 6.45) is 1.56. The summed E-state index contributed by atoms with van der Waals surface area (Å²) >= 11 is 1.25. The van der Waals surface area contributed by atoms with Gasteiger partial charge in [-0.15, -0.1) is 0 Å². The molecule has 208 valence electrons. The minimum atomic E-state index is -3.81. The van der Waals surface area contributed by atoms with E-state index in [0.717, 1.165) is 23.1 Å². The van der Waals surface area contributed by atoms with Gasteiger partial charge in [-0.2, -0.15) is 4.99 Å². The van der Waals surface area contributed by atoms with Gasteiger partial charge in [-0.05, 0) is 74.7 Å². The van der Waals surface area contributed by atoms with Gasteiger partial charge in [0.2, 0.25) is 0 Å². The highest BCUT2D eigenvalue weighted by atomic mass is 32.2. The summed E-state index contributed by atoms with van der Waals surface area (Å²) in [5.41, 5.74) is 2.56. The summed E-state index contributed by atoms with van der Waals surface area (Å²) in [4.78, 5) is 30.3. The second-order valence-electron chi connectivity index (χ2n) is 9.06. The van der Waals surface area contributed by atoms with E-state index in [-0.39, 0.29) is 23.6 Å². The smallest absolute Gasteiger partial charge is 0.326 e. The Morgan fingerprint density at radius 2 is 1.75 bits per heavy atom. The normalized spacial score (nSPS) is 13.8. The van der Waals surface area contributed by atoms with Crippen molar-refractivity contribution < 1.29 is 27.5 Å². The average molecular weight is 580 g/mol. The van der Waals surface area contributed by atoms with Crippen LogP contribution in [0, 0.1) is 0 Å². The number of benzene rings is 3. The Morgan fingerprint density at radius 3 is 2.50 bits per heavy atom. The molecule has 0 unspecified atom stereocenters. The number of nitrogens with zero attached hydrogens (tertiary/aromatic N) is 3. The van der Waals surface area contributed by atoms with Crippen LogP contribution in [0.5, 0.6) is 5.75 Å². The van der Waals surface area contributed by atoms with Gasteiger partial charge < -0.3 is 14.0 Å². The van der Waals surface area contributed by atoms with Gasteiger partial charge in [0.1, 0.15) is 17.8 Å². The van der Waals surface area contributed by atoms with Crippen LogP contribution in [0.25, 0.3) is 10.2 Å². The molecule has 0 spiro atoms. The zero-order valence-electron chi connectivity index (χ0n) is 22.2. The van der Waals surface area contributed by atoms with Crippen molar-refractivity contribution in [3.05, 3.63) is 82.7 Å². The number of amides is 1. The van der Waals surface area contributed by atoms with E-state index in [1.54, 1.807) is 17.6 Å². The summed E-state index contributed by atoms with van der Waals surface area (Å²) in [6, 6.07) is 18.8. The maximum absolute atomic E-state index is 13.5. The summed E-state index contributed by atoms with van der Waals surface area (Å²) in [6.45, 7) is 4.50. The molecule has 1 aliphatic heterocycles. The maximum Gasteiger partial charge on any atom is 0.326 e. The zero-order chi connectivity index (χ0) is 28.3. The molecule has 0 radical (unpaired) electrons. The quantitative estimate of drug-likeness (QED) is 0.284. The molecule has 40 heavy (non-hydrogen) atoms. The van der Waals surface area contributed by atoms with Crippen LogP contribution in [0.15, 0.2) is 76.6 Å². The van der Waals surface area contributed by atoms with Gasteiger partial charge in [0.05, 0.1) is 28.5 Å². The lowest BCUT2D eigenvalue weighted by molar-refractivity contribution is -0.143. The molecule has 1 aromatic heterocycles. The van der Waals surface area contributed by atoms with Crippen molar-refractivity contribution in [1.29, 1.82) is 0 Å². The minimum Gasteiger partial charge on any atom is -0.492 e. The fraction of sp³-hybridized carbons (Fsp3) is 0.276. The molecule has 11 heteroatoms. The van der Waals surface area contributed by atoms with Gasteiger partial charge in [-0.25, -0.2) is 8.42 Å². The van der Waals surface area contributed by atoms with Gasteiger partial charge in [0.25, 0.3) is 15.9 Å². The van der Waals surface area contributed by atoms with Crippen molar-refractivity contribution in [1.82, 2.24) is 4.57 Å². The van der Waals surface area contributed by atoms with Crippen molar-refractivity contribution in [3.63, 3.8) is 0 Å². The summed E-state index contributed by atoms with van der Waals surface area (Å²) < 4.78 is 41.7. The number of fused-ring (bicyclic) bond motifs is 2. The van der Waals surface area contributed by atoms with Crippen LogP contribution < -0.4 is 13.8 Å². The van der Waals surface area contributed by atoms with E-state index >= 15 is 0 Å². The number of anilines is 1. The molecule has 0 N–H and O–H groups in total. The van der Waals surface area contributed by atoms with E-state index < -0.39 is 21.9 Å². The van der Waals surface area contributed by atoms with Crippen LogP contribution in [0.3, 0.4) is 0 Å². The molecule has 4 aromatic rings. The Morgan fingerprint density at radius 1 is 0.975 bits per heavy atom. The van der Waals surface area contributed by atoms with Crippen LogP contribution in [0.2, 0.25) is 0 Å². The van der Waals surface area contributed by atoms with Gasteiger partial charge in [0.15, 0.2) is 4.80 Å². The van der Waals surface area contributed by atoms with Gasteiger partial charge in [-0.1, -0.05) is 35.6 Å². The fourth-order valence-corrected chi connectivity index (χ4v) is 7.32. The molecule has 0 aliphatic carbocycles. The lowest BCUT2D eigenvalue weighted by atomic mass is 10.0. The van der Waals surface area contributed by atoms with Gasteiger partial charge in [-0.3, -0.25) is 13.9 Å². The second-order valence-corrected chi connectivity index (χ2v) is 11.9. The molecule has 0 bridgehead atoms. The Hall–Kier alpha value is -3.96. The highest BCUT2D eigenvalue weighted by Gasteiger charge is 2.29. The number of aryl methyl sites for hydroxylation is 1. The third kappa shape index (κ3) is 5.39. The lowest BCUT2D eigenvalue weighted by Crippen LogP contribution is -2.35. The first-order valence-corrected chi connectivity index (χ1v) is 15.3. The highest BCUT2D eigenvalue weighted by molar-refractivity contribution is 7.92. The molecule has 2 heterocycles. The SMILES string of the molecule is CCOC(=O)Cn1c(=NC(=O)c2ccc(S(=O)(=O)N3CCCc4ccccc43)cc2)sc2cccc(OCC)c21. The fourth-order valence-electron chi connectivity index (χ4n) is 4.73. The van der Waals surface area contributed by atoms with Crippen LogP contribution in [-0.4, -0.2) is 44.6 Å². The first-order chi connectivity index (χ1) is 19.3. The molecule has 1 aliphatic rings. The monoisotopic (exact) mass is 579 g/mol. The van der Waals surface area contributed by atoms with E-state index in [2.05, 4.69) is 4.99 Å². The third-order valence-corrected chi connectivity index (χ3v) is 9.38. The lowest BCUT2D eigenvalue weighted by Gasteiger charge is -2.30. The number of sulfonamides is 1. The second kappa shape index (κ2) is 11.6. The van der Waals surface area contributed by atoms with Crippen LogP contribution in [0.4, 0.5) is 5.69 Å². The predicted molar refractivity (Wildman–Crippen MR) is 153 cm³/mol. The van der Waals surface area contributed by atoms with Gasteiger partial charge >= 0.3 is 5.97 Å². The third-order valence-electron chi connectivity index (χ3n) is 6.51. The molecular weight excluding hydrogens is 550 g/mol. The van der Waals surface area contributed by atoms with Crippen LogP contribution >= 0.6 is 11.3 Å². The zero-order valence-corrected chi connectivity index (χ0v) is 23.8. The molecule has 5 rings (SSSR count). The molecule has 0 atom stereocenters. The van der Waals surface area contributed by atoms with Crippen molar-refractivity contribution in [2.45, 2.75) is 38.1 Å². The number of aromatic nitrogens is 1. The number of para-hydroxylation sites is 2. The van der Waals surface area contributed by atoms with Crippen LogP contribution in [0.1, 0.15) is 36.2 Å². The standard InChI is InChI=1S/C29H29N3O6S2/c1-3-37-24-12-7-13-25-27(24)31(19-26(33)38-4-2)29(39-25)30-28(34)21-14-16-22(17-15-21)40(35,36)32-18-8-10-20-9-5-6-11-23(20)32/h5-7,9,11-17H,3-4,8,10,18-19H2,1-2H3. The first kappa shape index (κ1) is 27.6. The van der Waals surface area contributed by atoms with E-state index in [9.17, 15) is 18.0 Å². The number of thiazole rings is 1. The molecule has 1 amide bonds. The summed E-state index contributed by atoms with van der Waals surface area (Å²) in [5.74, 6) is -0.450. The molecule has 0 saturated heterocycles. The number of esters is 1. The van der Waals surface area contributed by atoms with Crippen molar-refractivity contribution in [3.8, 4) is 5.75 Å². The predicted octanol–water partition coefficient (Wildman–Crippen LogP) is 4.55. The van der Waals surface area contributed by atoms with Crippen molar-refractivity contribution in [2.24, 2.45) is 4.99 Å². The van der Waals surface area contributed by atoms with E-state index in [0.29, 0.717) is 34.9 Å². The average Bonchev–Trinajstić information content (AvgIpc) is 3.30. The molecule has 9 nitrogen and oxygen atoms in total. The molecule has 3 aromatic carbocycles. The number of hydrogen-bond donors (Lipinski definition) is 0. The number of hydrogen-bond acceptors (Lipinski definition) is 7. The van der Waals surface area contributed by atoms with E-state index in [1.807, 2.05) is 43.3 Å². The molecule has 0 fully saturated rings. The van der Waals surface area contributed by atoms with E-state index in [1.165, 1.54) is 39.9 Å². The highest BCUT2D eigenvalue weighted by Crippen LogP contribution is 2.32. The number of ether oxygens (including phenoxy) is 2. The first-order valence-electron chi connectivity index (χ1n) is 13.0. The van der Waals surface area contributed by atoms with Gasteiger partial charge in [0, 0.05) is 12.1 Å². The molecule has 0 saturated carbocycles. The molecular formula is C29H29N3O6S2. The number of rotatable bonds is 8. The largest absolute Gasteiger partial charge is 0.492 e. The Labute approximate surface area is 236 Å². The van der Waals surface area contributed by atoms with Crippen molar-refractivity contribution >= 4 is 49.1 Å².